The van der Waals surface area contributed by atoms with Crippen LogP contribution in [-0.4, -0.2) is 17.4 Å². The molecule has 0 bridgehead atoms. The van der Waals surface area contributed by atoms with Crippen LogP contribution in [0.15, 0.2) is 78.9 Å². The van der Waals surface area contributed by atoms with Crippen LogP contribution in [0.3, 0.4) is 0 Å². The zero-order valence-electron chi connectivity index (χ0n) is 15.3. The van der Waals surface area contributed by atoms with Crippen LogP contribution in [0.5, 0.6) is 0 Å². The van der Waals surface area contributed by atoms with Gasteiger partial charge in [-0.1, -0.05) is 54.6 Å². The summed E-state index contributed by atoms with van der Waals surface area (Å²) >= 11 is 0. The van der Waals surface area contributed by atoms with E-state index in [1.54, 1.807) is 12.1 Å². The van der Waals surface area contributed by atoms with E-state index in [1.165, 1.54) is 11.1 Å². The largest absolute Gasteiger partial charge is 0.290 e. The molecule has 2 aliphatic rings. The van der Waals surface area contributed by atoms with Gasteiger partial charge in [-0.25, -0.2) is 0 Å². The fourth-order valence-electron chi connectivity index (χ4n) is 4.45. The number of hydrogen-bond donors (Lipinski definition) is 0. The summed E-state index contributed by atoms with van der Waals surface area (Å²) < 4.78 is 0. The smallest absolute Gasteiger partial charge is 0.250 e. The van der Waals surface area contributed by atoms with Gasteiger partial charge in [-0.2, -0.15) is 5.26 Å². The van der Waals surface area contributed by atoms with Gasteiger partial charge in [0.15, 0.2) is 0 Å². The molecule has 0 radical (unpaired) electrons. The van der Waals surface area contributed by atoms with E-state index < -0.39 is 0 Å². The third kappa shape index (κ3) is 2.52. The van der Waals surface area contributed by atoms with Crippen molar-refractivity contribution in [2.24, 2.45) is 0 Å². The van der Waals surface area contributed by atoms with Crippen LogP contribution < -0.4 is 4.90 Å². The van der Waals surface area contributed by atoms with Crippen LogP contribution in [0.4, 0.5) is 5.69 Å². The number of hydrogen-bond acceptors (Lipinski definition) is 3. The van der Waals surface area contributed by atoms with Crippen LogP contribution in [0.1, 0.15) is 34.5 Å². The van der Waals surface area contributed by atoms with E-state index in [0.717, 1.165) is 24.2 Å². The second-order valence-corrected chi connectivity index (χ2v) is 7.24. The van der Waals surface area contributed by atoms with Gasteiger partial charge >= 0.3 is 0 Å². The number of amides is 1. The minimum Gasteiger partial charge on any atom is -0.290 e. The Morgan fingerprint density at radius 3 is 2.36 bits per heavy atom. The summed E-state index contributed by atoms with van der Waals surface area (Å²) in [5, 5.41) is 9.12. The predicted octanol–water partition coefficient (Wildman–Crippen LogP) is 4.20. The van der Waals surface area contributed by atoms with Crippen LogP contribution in [0.2, 0.25) is 0 Å². The Bertz CT molecular complexity index is 1070. The molecule has 0 unspecified atom stereocenters. The summed E-state index contributed by atoms with van der Waals surface area (Å²) in [4.78, 5) is 17.9. The summed E-state index contributed by atoms with van der Waals surface area (Å²) in [5.74, 6) is 0.0811. The van der Waals surface area contributed by atoms with E-state index in [1.807, 2.05) is 53.4 Å². The Kier molecular flexibility index (Phi) is 3.96. The molecular weight excluding hydrogens is 346 g/mol. The van der Waals surface area contributed by atoms with Gasteiger partial charge in [0.1, 0.15) is 12.2 Å². The fraction of sp³-hybridized carbons (Fsp3) is 0.167. The van der Waals surface area contributed by atoms with E-state index in [-0.39, 0.29) is 18.1 Å². The standard InChI is InChI=1S/C24H19N3O/c25-16-17-10-12-20(13-11-17)27-23-21-9-5-4-6-18(21)14-15-26(23)22(24(27)28)19-7-2-1-3-8-19/h1-13,22-23H,14-15H2/t22-,23+/m0/s1. The van der Waals surface area contributed by atoms with Gasteiger partial charge in [0.05, 0.1) is 11.6 Å². The maximum absolute atomic E-state index is 13.7. The number of nitriles is 1. The SMILES string of the molecule is N#Cc1ccc(N2C(=O)[C@H](c3ccccc3)N3CCc4ccccc4[C@@H]23)cc1. The molecule has 1 saturated heterocycles. The molecule has 0 aromatic heterocycles. The van der Waals surface area contributed by atoms with Crippen LogP contribution in [-0.2, 0) is 11.2 Å². The first-order chi connectivity index (χ1) is 13.8. The lowest BCUT2D eigenvalue weighted by atomic mass is 9.95. The van der Waals surface area contributed by atoms with Crippen LogP contribution >= 0.6 is 0 Å². The molecule has 4 nitrogen and oxygen atoms in total. The van der Waals surface area contributed by atoms with Crippen molar-refractivity contribution in [2.75, 3.05) is 11.4 Å². The molecule has 136 valence electrons. The number of carbonyl (C=O) groups is 1. The molecule has 28 heavy (non-hydrogen) atoms. The minimum atomic E-state index is -0.296. The van der Waals surface area contributed by atoms with Crippen molar-refractivity contribution in [1.29, 1.82) is 5.26 Å². The molecule has 2 aliphatic heterocycles. The zero-order chi connectivity index (χ0) is 19.1. The monoisotopic (exact) mass is 365 g/mol. The van der Waals surface area contributed by atoms with Gasteiger partial charge in [-0.15, -0.1) is 0 Å². The topological polar surface area (TPSA) is 47.3 Å². The molecule has 2 atom stereocenters. The number of anilines is 1. The van der Waals surface area contributed by atoms with Crippen molar-refractivity contribution >= 4 is 11.6 Å². The molecule has 3 aromatic carbocycles. The molecule has 5 rings (SSSR count). The van der Waals surface area contributed by atoms with E-state index in [4.69, 9.17) is 5.26 Å². The fourth-order valence-corrected chi connectivity index (χ4v) is 4.45. The lowest BCUT2D eigenvalue weighted by molar-refractivity contribution is -0.119. The second-order valence-electron chi connectivity index (χ2n) is 7.24. The second kappa shape index (κ2) is 6.63. The number of fused-ring (bicyclic) bond motifs is 3. The summed E-state index contributed by atoms with van der Waals surface area (Å²) in [6.45, 7) is 0.833. The Balaban J connectivity index is 1.66. The highest BCUT2D eigenvalue weighted by atomic mass is 16.2. The lowest BCUT2D eigenvalue weighted by Crippen LogP contribution is -2.37. The number of benzene rings is 3. The molecule has 3 aromatic rings. The van der Waals surface area contributed by atoms with Crippen LogP contribution in [0, 0.1) is 11.3 Å². The van der Waals surface area contributed by atoms with E-state index in [2.05, 4.69) is 29.2 Å². The Labute approximate surface area is 164 Å². The van der Waals surface area contributed by atoms with Gasteiger partial charge < -0.3 is 0 Å². The van der Waals surface area contributed by atoms with Gasteiger partial charge in [-0.05, 0) is 47.4 Å². The highest BCUT2D eigenvalue weighted by molar-refractivity contribution is 6.01. The van der Waals surface area contributed by atoms with Gasteiger partial charge in [0.25, 0.3) is 5.91 Å². The predicted molar refractivity (Wildman–Crippen MR) is 107 cm³/mol. The third-order valence-electron chi connectivity index (χ3n) is 5.72. The van der Waals surface area contributed by atoms with Crippen molar-refractivity contribution < 1.29 is 4.79 Å². The molecule has 0 saturated carbocycles. The Morgan fingerprint density at radius 1 is 0.893 bits per heavy atom. The maximum Gasteiger partial charge on any atom is 0.250 e. The minimum absolute atomic E-state index is 0.0811. The molecule has 0 aliphatic carbocycles. The first-order valence-corrected chi connectivity index (χ1v) is 9.49. The summed E-state index contributed by atoms with van der Waals surface area (Å²) in [7, 11) is 0. The van der Waals surface area contributed by atoms with Crippen molar-refractivity contribution in [2.45, 2.75) is 18.6 Å². The van der Waals surface area contributed by atoms with Crippen molar-refractivity contribution in [3.05, 3.63) is 101 Å². The van der Waals surface area contributed by atoms with Crippen molar-refractivity contribution in [3.8, 4) is 6.07 Å². The number of carbonyl (C=O) groups excluding carboxylic acids is 1. The quantitative estimate of drug-likeness (QED) is 0.684. The summed E-state index contributed by atoms with van der Waals surface area (Å²) in [5.41, 5.74) is 4.92. The van der Waals surface area contributed by atoms with Gasteiger partial charge in [0.2, 0.25) is 0 Å². The molecular formula is C24H19N3O. The average molecular weight is 365 g/mol. The first kappa shape index (κ1) is 16.7. The van der Waals surface area contributed by atoms with Gasteiger partial charge in [-0.3, -0.25) is 14.6 Å². The summed E-state index contributed by atoms with van der Waals surface area (Å²) in [6, 6.07) is 27.5. The van der Waals surface area contributed by atoms with Crippen LogP contribution in [0.25, 0.3) is 0 Å². The normalized spacial score (nSPS) is 21.1. The molecule has 0 N–H and O–H groups in total. The maximum atomic E-state index is 13.7. The molecule has 0 spiro atoms. The number of rotatable bonds is 2. The third-order valence-corrected chi connectivity index (χ3v) is 5.72. The first-order valence-electron chi connectivity index (χ1n) is 9.49. The Morgan fingerprint density at radius 2 is 1.61 bits per heavy atom. The zero-order valence-corrected chi connectivity index (χ0v) is 15.3. The van der Waals surface area contributed by atoms with Crippen molar-refractivity contribution in [3.63, 3.8) is 0 Å². The average Bonchev–Trinajstić information content (AvgIpc) is 3.06. The lowest BCUT2D eigenvalue weighted by Gasteiger charge is -2.36. The molecule has 4 heteroatoms. The Hall–Kier alpha value is -3.42. The molecule has 2 heterocycles. The highest BCUT2D eigenvalue weighted by Crippen LogP contribution is 2.47. The summed E-state index contributed by atoms with van der Waals surface area (Å²) in [6.07, 6.45) is 0.806. The molecule has 1 amide bonds. The van der Waals surface area contributed by atoms with E-state index in [0.29, 0.717) is 5.56 Å². The molecule has 1 fully saturated rings. The number of nitrogens with zero attached hydrogens (tertiary/aromatic N) is 3. The highest BCUT2D eigenvalue weighted by Gasteiger charge is 2.49. The van der Waals surface area contributed by atoms with E-state index >= 15 is 0 Å². The van der Waals surface area contributed by atoms with Gasteiger partial charge in [0, 0.05) is 12.2 Å². The van der Waals surface area contributed by atoms with E-state index in [9.17, 15) is 4.79 Å². The van der Waals surface area contributed by atoms with Crippen molar-refractivity contribution in [1.82, 2.24) is 4.90 Å².